The lowest BCUT2D eigenvalue weighted by Gasteiger charge is -2.23. The highest BCUT2D eigenvalue weighted by molar-refractivity contribution is 6.29. The van der Waals surface area contributed by atoms with Crippen molar-refractivity contribution in [3.05, 3.63) is 58.9 Å². The van der Waals surface area contributed by atoms with Crippen LogP contribution in [0.15, 0.2) is 42.6 Å². The van der Waals surface area contributed by atoms with Gasteiger partial charge in [0.25, 0.3) is 0 Å². The summed E-state index contributed by atoms with van der Waals surface area (Å²) in [5.41, 5.74) is 3.68. The number of aromatic nitrogens is 1. The average molecular weight is 261 g/mol. The number of halogens is 1. The predicted octanol–water partition coefficient (Wildman–Crippen LogP) is 4.07. The van der Waals surface area contributed by atoms with E-state index >= 15 is 0 Å². The second-order valence-electron chi connectivity index (χ2n) is 4.34. The van der Waals surface area contributed by atoms with Crippen LogP contribution in [0.5, 0.6) is 0 Å². The fourth-order valence-corrected chi connectivity index (χ4v) is 1.97. The molecule has 0 saturated heterocycles. The Morgan fingerprint density at radius 2 is 1.83 bits per heavy atom. The summed E-state index contributed by atoms with van der Waals surface area (Å²) in [6.07, 6.45) is 1.83. The van der Waals surface area contributed by atoms with Gasteiger partial charge in [-0.3, -0.25) is 0 Å². The minimum atomic E-state index is 0.539. The van der Waals surface area contributed by atoms with Crippen LogP contribution in [-0.2, 0) is 6.54 Å². The first-order valence-corrected chi connectivity index (χ1v) is 6.49. The van der Waals surface area contributed by atoms with Gasteiger partial charge in [-0.2, -0.15) is 0 Å². The summed E-state index contributed by atoms with van der Waals surface area (Å²) in [7, 11) is 0. The Morgan fingerprint density at radius 1 is 1.11 bits per heavy atom. The molecule has 3 heteroatoms. The minimum Gasteiger partial charge on any atom is -0.367 e. The zero-order valence-corrected chi connectivity index (χ0v) is 11.5. The van der Waals surface area contributed by atoms with Crippen molar-refractivity contribution >= 4 is 17.3 Å². The number of pyridine rings is 1. The number of benzene rings is 1. The monoisotopic (exact) mass is 260 g/mol. The maximum Gasteiger partial charge on any atom is 0.129 e. The van der Waals surface area contributed by atoms with E-state index in [1.54, 1.807) is 0 Å². The molecule has 0 aliphatic carbocycles. The molecule has 0 fully saturated rings. The highest BCUT2D eigenvalue weighted by Gasteiger charge is 2.05. The van der Waals surface area contributed by atoms with Crippen molar-refractivity contribution in [3.8, 4) is 0 Å². The van der Waals surface area contributed by atoms with Crippen LogP contribution in [0.3, 0.4) is 0 Å². The molecule has 0 bridgehead atoms. The number of rotatable bonds is 4. The zero-order chi connectivity index (χ0) is 13.0. The van der Waals surface area contributed by atoms with Crippen molar-refractivity contribution in [2.75, 3.05) is 11.4 Å². The largest absolute Gasteiger partial charge is 0.367 e. The molecule has 2 nitrogen and oxygen atoms in total. The molecule has 1 aromatic heterocycles. The molecule has 0 unspecified atom stereocenters. The first-order valence-electron chi connectivity index (χ1n) is 6.11. The molecule has 0 radical (unpaired) electrons. The number of hydrogen-bond donors (Lipinski definition) is 0. The number of anilines is 1. The fraction of sp³-hybridized carbons (Fsp3) is 0.267. The van der Waals surface area contributed by atoms with Crippen molar-refractivity contribution in [2.45, 2.75) is 20.4 Å². The van der Waals surface area contributed by atoms with Crippen molar-refractivity contribution in [1.82, 2.24) is 4.98 Å². The molecule has 94 valence electrons. The Bertz CT molecular complexity index is 491. The standard InChI is InChI=1S/C15H17ClN2/c1-3-18(14-7-4-12(2)5-8-14)11-13-6-9-15(16)17-10-13/h4-10H,3,11H2,1-2H3. The van der Waals surface area contributed by atoms with Crippen LogP contribution in [0.25, 0.3) is 0 Å². The quantitative estimate of drug-likeness (QED) is 0.771. The second kappa shape index (κ2) is 5.87. The number of nitrogens with zero attached hydrogens (tertiary/aromatic N) is 2. The van der Waals surface area contributed by atoms with Gasteiger partial charge in [-0.15, -0.1) is 0 Å². The Balaban J connectivity index is 2.14. The summed E-state index contributed by atoms with van der Waals surface area (Å²) in [6.45, 7) is 6.07. The summed E-state index contributed by atoms with van der Waals surface area (Å²) in [5.74, 6) is 0. The third-order valence-electron chi connectivity index (χ3n) is 2.94. The lowest BCUT2D eigenvalue weighted by Crippen LogP contribution is -2.21. The van der Waals surface area contributed by atoms with Crippen molar-refractivity contribution < 1.29 is 0 Å². The zero-order valence-electron chi connectivity index (χ0n) is 10.7. The van der Waals surface area contributed by atoms with Gasteiger partial charge in [0.1, 0.15) is 5.15 Å². The summed E-state index contributed by atoms with van der Waals surface area (Å²) >= 11 is 5.79. The van der Waals surface area contributed by atoms with E-state index in [0.717, 1.165) is 13.1 Å². The molecule has 0 atom stereocenters. The first-order chi connectivity index (χ1) is 8.69. The second-order valence-corrected chi connectivity index (χ2v) is 4.73. The van der Waals surface area contributed by atoms with Gasteiger partial charge in [-0.1, -0.05) is 35.4 Å². The number of aryl methyl sites for hydroxylation is 1. The third-order valence-corrected chi connectivity index (χ3v) is 3.17. The maximum absolute atomic E-state index is 5.79. The third kappa shape index (κ3) is 3.23. The first kappa shape index (κ1) is 12.9. The van der Waals surface area contributed by atoms with E-state index in [9.17, 15) is 0 Å². The molecule has 2 rings (SSSR count). The van der Waals surface area contributed by atoms with E-state index in [-0.39, 0.29) is 0 Å². The lowest BCUT2D eigenvalue weighted by atomic mass is 10.2. The van der Waals surface area contributed by atoms with Gasteiger partial charge < -0.3 is 4.90 Å². The van der Waals surface area contributed by atoms with E-state index in [1.807, 2.05) is 18.3 Å². The smallest absolute Gasteiger partial charge is 0.129 e. The summed E-state index contributed by atoms with van der Waals surface area (Å²) in [6, 6.07) is 12.4. The van der Waals surface area contributed by atoms with Gasteiger partial charge in [0, 0.05) is 25.0 Å². The molecule has 0 spiro atoms. The van der Waals surface area contributed by atoms with Crippen LogP contribution < -0.4 is 4.90 Å². The highest BCUT2D eigenvalue weighted by atomic mass is 35.5. The maximum atomic E-state index is 5.79. The Labute approximate surface area is 113 Å². The van der Waals surface area contributed by atoms with E-state index < -0.39 is 0 Å². The van der Waals surface area contributed by atoms with Gasteiger partial charge in [0.2, 0.25) is 0 Å². The van der Waals surface area contributed by atoms with Crippen LogP contribution in [0.1, 0.15) is 18.1 Å². The van der Waals surface area contributed by atoms with Gasteiger partial charge in [-0.05, 0) is 37.6 Å². The summed E-state index contributed by atoms with van der Waals surface area (Å²) in [5, 5.41) is 0.539. The van der Waals surface area contributed by atoms with Crippen molar-refractivity contribution in [2.24, 2.45) is 0 Å². The molecule has 0 N–H and O–H groups in total. The van der Waals surface area contributed by atoms with Gasteiger partial charge in [-0.25, -0.2) is 4.98 Å². The highest BCUT2D eigenvalue weighted by Crippen LogP contribution is 2.18. The SMILES string of the molecule is CCN(Cc1ccc(Cl)nc1)c1ccc(C)cc1. The topological polar surface area (TPSA) is 16.1 Å². The summed E-state index contributed by atoms with van der Waals surface area (Å²) in [4.78, 5) is 6.42. The fourth-order valence-electron chi connectivity index (χ4n) is 1.86. The van der Waals surface area contributed by atoms with E-state index in [0.29, 0.717) is 5.15 Å². The molecule has 0 aliphatic rings. The average Bonchev–Trinajstić information content (AvgIpc) is 2.39. The molecule has 0 aliphatic heterocycles. The van der Waals surface area contributed by atoms with Gasteiger partial charge in [0.15, 0.2) is 0 Å². The molecule has 0 saturated carbocycles. The van der Waals surface area contributed by atoms with E-state index in [4.69, 9.17) is 11.6 Å². The molecule has 18 heavy (non-hydrogen) atoms. The lowest BCUT2D eigenvalue weighted by molar-refractivity contribution is 0.828. The molecule has 2 aromatic rings. The van der Waals surface area contributed by atoms with Gasteiger partial charge in [0.05, 0.1) is 0 Å². The van der Waals surface area contributed by atoms with Gasteiger partial charge >= 0.3 is 0 Å². The van der Waals surface area contributed by atoms with E-state index in [1.165, 1.54) is 16.8 Å². The Kier molecular flexibility index (Phi) is 4.21. The van der Waals surface area contributed by atoms with Crippen molar-refractivity contribution in [1.29, 1.82) is 0 Å². The molecular weight excluding hydrogens is 244 g/mol. The molecule has 1 aromatic carbocycles. The van der Waals surface area contributed by atoms with Crippen LogP contribution in [0.2, 0.25) is 5.15 Å². The molecule has 1 heterocycles. The Morgan fingerprint density at radius 3 is 2.39 bits per heavy atom. The Hall–Kier alpha value is -1.54. The molecule has 0 amide bonds. The van der Waals surface area contributed by atoms with Crippen LogP contribution in [0.4, 0.5) is 5.69 Å². The van der Waals surface area contributed by atoms with Crippen LogP contribution >= 0.6 is 11.6 Å². The minimum absolute atomic E-state index is 0.539. The summed E-state index contributed by atoms with van der Waals surface area (Å²) < 4.78 is 0. The predicted molar refractivity (Wildman–Crippen MR) is 77.2 cm³/mol. The normalized spacial score (nSPS) is 10.4. The molecular formula is C15H17ClN2. The van der Waals surface area contributed by atoms with E-state index in [2.05, 4.69) is 48.0 Å². The number of hydrogen-bond acceptors (Lipinski definition) is 2. The van der Waals surface area contributed by atoms with Crippen molar-refractivity contribution in [3.63, 3.8) is 0 Å². The van der Waals surface area contributed by atoms with Crippen LogP contribution in [0, 0.1) is 6.92 Å². The van der Waals surface area contributed by atoms with Crippen LogP contribution in [-0.4, -0.2) is 11.5 Å².